The summed E-state index contributed by atoms with van der Waals surface area (Å²) in [7, 11) is 4.58. The first-order chi connectivity index (χ1) is 13.0. The molecule has 8 heteroatoms. The molecule has 0 aliphatic rings. The standard InChI is InChI=1S/C19H23N3O5/c1-13-9-18(24)22(12-21-13)8-7-20-17(23)6-5-14-10-15(25-2)19(27-4)16(11-14)26-3/h5-6,9-12H,7-8H2,1-4H3,(H,20,23)/b6-5+. The summed E-state index contributed by atoms with van der Waals surface area (Å²) in [5.74, 6) is 1.21. The van der Waals surface area contributed by atoms with E-state index in [2.05, 4.69) is 10.3 Å². The topological polar surface area (TPSA) is 91.7 Å². The number of carbonyl (C=O) groups excluding carboxylic acids is 1. The lowest BCUT2D eigenvalue weighted by molar-refractivity contribution is -0.116. The predicted octanol–water partition coefficient (Wildman–Crippen LogP) is 1.41. The fraction of sp³-hybridized carbons (Fsp3) is 0.316. The van der Waals surface area contributed by atoms with Crippen molar-refractivity contribution in [3.8, 4) is 17.2 Å². The van der Waals surface area contributed by atoms with Crippen LogP contribution in [0.2, 0.25) is 0 Å². The maximum atomic E-state index is 12.0. The van der Waals surface area contributed by atoms with Crippen LogP contribution < -0.4 is 25.1 Å². The number of benzene rings is 1. The molecule has 2 aromatic rings. The van der Waals surface area contributed by atoms with E-state index in [0.717, 1.165) is 5.56 Å². The fourth-order valence-electron chi connectivity index (χ4n) is 2.41. The highest BCUT2D eigenvalue weighted by molar-refractivity contribution is 5.91. The Labute approximate surface area is 157 Å². The van der Waals surface area contributed by atoms with Crippen LogP contribution in [0.3, 0.4) is 0 Å². The summed E-state index contributed by atoms with van der Waals surface area (Å²) in [6, 6.07) is 4.93. The Morgan fingerprint density at radius 2 is 1.81 bits per heavy atom. The van der Waals surface area contributed by atoms with Crippen LogP contribution in [0, 0.1) is 6.92 Å². The number of rotatable bonds is 8. The summed E-state index contributed by atoms with van der Waals surface area (Å²) in [5.41, 5.74) is 1.23. The molecule has 2 rings (SSSR count). The second-order valence-corrected chi connectivity index (χ2v) is 5.64. The molecule has 0 spiro atoms. The molecule has 0 fully saturated rings. The summed E-state index contributed by atoms with van der Waals surface area (Å²) in [6.45, 7) is 2.40. The lowest BCUT2D eigenvalue weighted by atomic mass is 10.1. The van der Waals surface area contributed by atoms with Crippen LogP contribution >= 0.6 is 0 Å². The Kier molecular flexibility index (Phi) is 6.99. The Morgan fingerprint density at radius 3 is 2.37 bits per heavy atom. The molecule has 0 aliphatic carbocycles. The Bertz CT molecular complexity index is 864. The van der Waals surface area contributed by atoms with Crippen LogP contribution in [-0.4, -0.2) is 43.3 Å². The van der Waals surface area contributed by atoms with Gasteiger partial charge in [-0.1, -0.05) is 0 Å². The summed E-state index contributed by atoms with van der Waals surface area (Å²) in [4.78, 5) is 27.8. The van der Waals surface area contributed by atoms with Crippen LogP contribution in [0.25, 0.3) is 6.08 Å². The summed E-state index contributed by atoms with van der Waals surface area (Å²) < 4.78 is 17.3. The van der Waals surface area contributed by atoms with Crippen molar-refractivity contribution in [3.05, 3.63) is 52.2 Å². The van der Waals surface area contributed by atoms with Crippen molar-refractivity contribution in [2.24, 2.45) is 0 Å². The van der Waals surface area contributed by atoms with E-state index in [1.165, 1.54) is 44.4 Å². The molecule has 1 heterocycles. The molecule has 27 heavy (non-hydrogen) atoms. The third-order valence-electron chi connectivity index (χ3n) is 3.78. The van der Waals surface area contributed by atoms with Crippen LogP contribution in [0.4, 0.5) is 0 Å². The highest BCUT2D eigenvalue weighted by Gasteiger charge is 2.12. The molecule has 1 N–H and O–H groups in total. The number of nitrogens with zero attached hydrogens (tertiary/aromatic N) is 2. The second-order valence-electron chi connectivity index (χ2n) is 5.64. The lowest BCUT2D eigenvalue weighted by Gasteiger charge is -2.12. The van der Waals surface area contributed by atoms with E-state index in [9.17, 15) is 9.59 Å². The Morgan fingerprint density at radius 1 is 1.15 bits per heavy atom. The molecule has 0 bridgehead atoms. The highest BCUT2D eigenvalue weighted by atomic mass is 16.5. The quantitative estimate of drug-likeness (QED) is 0.704. The highest BCUT2D eigenvalue weighted by Crippen LogP contribution is 2.38. The van der Waals surface area contributed by atoms with Gasteiger partial charge in [-0.05, 0) is 30.7 Å². The number of ether oxygens (including phenoxy) is 3. The fourth-order valence-corrected chi connectivity index (χ4v) is 2.41. The van der Waals surface area contributed by atoms with Crippen molar-refractivity contribution in [1.29, 1.82) is 0 Å². The van der Waals surface area contributed by atoms with Gasteiger partial charge in [-0.15, -0.1) is 0 Å². The first-order valence-corrected chi connectivity index (χ1v) is 8.27. The Hall–Kier alpha value is -3.29. The second kappa shape index (κ2) is 9.42. The van der Waals surface area contributed by atoms with E-state index < -0.39 is 0 Å². The zero-order valence-electron chi connectivity index (χ0n) is 15.8. The number of nitrogens with one attached hydrogen (secondary N) is 1. The van der Waals surface area contributed by atoms with Crippen molar-refractivity contribution in [2.45, 2.75) is 13.5 Å². The van der Waals surface area contributed by atoms with Crippen molar-refractivity contribution < 1.29 is 19.0 Å². The first-order valence-electron chi connectivity index (χ1n) is 8.27. The first kappa shape index (κ1) is 20.0. The summed E-state index contributed by atoms with van der Waals surface area (Å²) >= 11 is 0. The molecule has 1 aromatic carbocycles. The van der Waals surface area contributed by atoms with Gasteiger partial charge in [-0.2, -0.15) is 0 Å². The molecule has 0 saturated carbocycles. The van der Waals surface area contributed by atoms with E-state index in [-0.39, 0.29) is 11.5 Å². The maximum absolute atomic E-state index is 12.0. The number of hydrogen-bond acceptors (Lipinski definition) is 6. The molecule has 0 radical (unpaired) electrons. The molecule has 1 aromatic heterocycles. The third-order valence-corrected chi connectivity index (χ3v) is 3.78. The van der Waals surface area contributed by atoms with Gasteiger partial charge in [0.2, 0.25) is 11.7 Å². The molecule has 0 aliphatic heterocycles. The van der Waals surface area contributed by atoms with Gasteiger partial charge in [0.25, 0.3) is 5.56 Å². The van der Waals surface area contributed by atoms with E-state index in [1.807, 2.05) is 0 Å². The largest absolute Gasteiger partial charge is 0.493 e. The molecular weight excluding hydrogens is 350 g/mol. The number of carbonyl (C=O) groups is 1. The van der Waals surface area contributed by atoms with Crippen LogP contribution in [0.1, 0.15) is 11.3 Å². The van der Waals surface area contributed by atoms with E-state index in [0.29, 0.717) is 36.0 Å². The average molecular weight is 373 g/mol. The van der Waals surface area contributed by atoms with Gasteiger partial charge in [-0.25, -0.2) is 4.98 Å². The molecule has 144 valence electrons. The number of methoxy groups -OCH3 is 3. The molecular formula is C19H23N3O5. The van der Waals surface area contributed by atoms with E-state index in [4.69, 9.17) is 14.2 Å². The molecule has 1 amide bonds. The molecule has 0 atom stereocenters. The van der Waals surface area contributed by atoms with Gasteiger partial charge in [0.05, 0.1) is 27.7 Å². The number of hydrogen-bond donors (Lipinski definition) is 1. The van der Waals surface area contributed by atoms with Crippen LogP contribution in [0.5, 0.6) is 17.2 Å². The van der Waals surface area contributed by atoms with Crippen molar-refractivity contribution in [3.63, 3.8) is 0 Å². The minimum atomic E-state index is -0.281. The van der Waals surface area contributed by atoms with Gasteiger partial charge in [-0.3, -0.25) is 14.2 Å². The molecule has 8 nitrogen and oxygen atoms in total. The zero-order chi connectivity index (χ0) is 19.8. The SMILES string of the molecule is COc1cc(/C=C/C(=O)NCCn2cnc(C)cc2=O)cc(OC)c1OC. The van der Waals surface area contributed by atoms with Gasteiger partial charge < -0.3 is 19.5 Å². The number of aromatic nitrogens is 2. The average Bonchev–Trinajstić information content (AvgIpc) is 2.67. The van der Waals surface area contributed by atoms with Crippen LogP contribution in [-0.2, 0) is 11.3 Å². The molecule has 0 saturated heterocycles. The minimum absolute atomic E-state index is 0.148. The summed E-state index contributed by atoms with van der Waals surface area (Å²) in [6.07, 6.45) is 4.51. The predicted molar refractivity (Wildman–Crippen MR) is 101 cm³/mol. The normalized spacial score (nSPS) is 10.7. The van der Waals surface area contributed by atoms with Crippen molar-refractivity contribution in [1.82, 2.24) is 14.9 Å². The van der Waals surface area contributed by atoms with Crippen molar-refractivity contribution in [2.75, 3.05) is 27.9 Å². The third kappa shape index (κ3) is 5.34. The van der Waals surface area contributed by atoms with Gasteiger partial charge in [0, 0.05) is 30.9 Å². The van der Waals surface area contributed by atoms with Gasteiger partial charge in [0.15, 0.2) is 11.5 Å². The van der Waals surface area contributed by atoms with Gasteiger partial charge in [0.1, 0.15) is 0 Å². The minimum Gasteiger partial charge on any atom is -0.493 e. The molecule has 0 unspecified atom stereocenters. The zero-order valence-corrected chi connectivity index (χ0v) is 15.8. The summed E-state index contributed by atoms with van der Waals surface area (Å²) in [5, 5.41) is 2.72. The Balaban J connectivity index is 1.99. The monoisotopic (exact) mass is 373 g/mol. The van der Waals surface area contributed by atoms with Crippen molar-refractivity contribution >= 4 is 12.0 Å². The number of amides is 1. The van der Waals surface area contributed by atoms with Crippen LogP contribution in [0.15, 0.2) is 35.4 Å². The van der Waals surface area contributed by atoms with Gasteiger partial charge >= 0.3 is 0 Å². The lowest BCUT2D eigenvalue weighted by Crippen LogP contribution is -2.29. The smallest absolute Gasteiger partial charge is 0.253 e. The van der Waals surface area contributed by atoms with E-state index in [1.54, 1.807) is 25.1 Å². The maximum Gasteiger partial charge on any atom is 0.253 e. The van der Waals surface area contributed by atoms with E-state index >= 15 is 0 Å². The number of aryl methyl sites for hydroxylation is 1.